The summed E-state index contributed by atoms with van der Waals surface area (Å²) in [6, 6.07) is 8.39. The molecule has 0 aliphatic heterocycles. The van der Waals surface area contributed by atoms with E-state index in [9.17, 15) is 9.36 Å². The highest BCUT2D eigenvalue weighted by molar-refractivity contribution is 7.60. The molecule has 1 heterocycles. The number of ether oxygens (including phenoxy) is 1. The molecule has 8 heteroatoms. The second kappa shape index (κ2) is 11.1. The summed E-state index contributed by atoms with van der Waals surface area (Å²) in [6.07, 6.45) is 3.95. The SMILES string of the molecule is CCCCc1ccc(Cc2noc(CC(C(=O)OC(C)(C)C)P(C)(=O)OCC)n2)cc1. The number of carbonyl (C=O) groups is 1. The molecule has 2 atom stereocenters. The van der Waals surface area contributed by atoms with Gasteiger partial charge in [-0.2, -0.15) is 4.98 Å². The number of hydrogen-bond donors (Lipinski definition) is 0. The highest BCUT2D eigenvalue weighted by Crippen LogP contribution is 2.50. The maximum absolute atomic E-state index is 13.0. The van der Waals surface area contributed by atoms with Crippen molar-refractivity contribution in [3.05, 3.63) is 47.1 Å². The van der Waals surface area contributed by atoms with Gasteiger partial charge in [-0.25, -0.2) is 0 Å². The third kappa shape index (κ3) is 8.23. The Morgan fingerprint density at radius 2 is 1.81 bits per heavy atom. The van der Waals surface area contributed by atoms with Crippen molar-refractivity contribution >= 4 is 13.3 Å². The van der Waals surface area contributed by atoms with Crippen molar-refractivity contribution in [2.75, 3.05) is 13.3 Å². The van der Waals surface area contributed by atoms with E-state index < -0.39 is 24.6 Å². The Labute approximate surface area is 185 Å². The van der Waals surface area contributed by atoms with Crippen molar-refractivity contribution in [1.29, 1.82) is 0 Å². The van der Waals surface area contributed by atoms with Crippen LogP contribution in [0.2, 0.25) is 0 Å². The highest BCUT2D eigenvalue weighted by Gasteiger charge is 2.40. The molecule has 31 heavy (non-hydrogen) atoms. The molecule has 0 spiro atoms. The molecule has 172 valence electrons. The molecule has 0 saturated carbocycles. The summed E-state index contributed by atoms with van der Waals surface area (Å²) in [6.45, 7) is 10.9. The van der Waals surface area contributed by atoms with Crippen LogP contribution in [0.1, 0.15) is 70.3 Å². The van der Waals surface area contributed by atoms with Gasteiger partial charge in [0.2, 0.25) is 13.3 Å². The summed E-state index contributed by atoms with van der Waals surface area (Å²) in [5.41, 5.74) is 0.684. The van der Waals surface area contributed by atoms with E-state index in [2.05, 4.69) is 41.3 Å². The first kappa shape index (κ1) is 25.3. The Morgan fingerprint density at radius 3 is 2.39 bits per heavy atom. The van der Waals surface area contributed by atoms with Gasteiger partial charge in [0.25, 0.3) is 0 Å². The molecule has 0 radical (unpaired) electrons. The first-order valence-corrected chi connectivity index (χ1v) is 13.0. The van der Waals surface area contributed by atoms with E-state index in [0.29, 0.717) is 12.2 Å². The second-order valence-electron chi connectivity index (χ2n) is 8.78. The largest absolute Gasteiger partial charge is 0.459 e. The molecule has 0 aliphatic carbocycles. The minimum absolute atomic E-state index is 0.00560. The van der Waals surface area contributed by atoms with Gasteiger partial charge >= 0.3 is 5.97 Å². The van der Waals surface area contributed by atoms with Crippen LogP contribution in [0, 0.1) is 0 Å². The standard InChI is InChI=1S/C23H35N2O5P/c1-7-9-10-17-11-13-18(14-12-17)15-20-24-21(30-25-20)16-19(31(6,27)28-8-2)22(26)29-23(3,4)5/h11-14,19H,7-10,15-16H2,1-6H3. The number of carbonyl (C=O) groups excluding carboxylic acids is 1. The number of rotatable bonds is 11. The molecule has 1 aromatic carbocycles. The molecule has 0 bridgehead atoms. The number of aromatic nitrogens is 2. The number of nitrogens with zero attached hydrogens (tertiary/aromatic N) is 2. The van der Waals surface area contributed by atoms with Crippen molar-refractivity contribution < 1.29 is 23.1 Å². The van der Waals surface area contributed by atoms with Crippen LogP contribution in [0.15, 0.2) is 28.8 Å². The van der Waals surface area contributed by atoms with E-state index in [1.807, 2.05) is 0 Å². The van der Waals surface area contributed by atoms with Crippen LogP contribution in [-0.4, -0.2) is 40.6 Å². The third-order valence-electron chi connectivity index (χ3n) is 4.71. The Morgan fingerprint density at radius 1 is 1.16 bits per heavy atom. The van der Waals surface area contributed by atoms with E-state index in [1.165, 1.54) is 25.1 Å². The average Bonchev–Trinajstić information content (AvgIpc) is 3.11. The van der Waals surface area contributed by atoms with Crippen LogP contribution in [0.25, 0.3) is 0 Å². The molecule has 2 unspecified atom stereocenters. The Bertz CT molecular complexity index is 886. The van der Waals surface area contributed by atoms with Crippen LogP contribution < -0.4 is 0 Å². The summed E-state index contributed by atoms with van der Waals surface area (Å²) >= 11 is 0. The number of aryl methyl sites for hydroxylation is 1. The molecule has 2 rings (SSSR count). The van der Waals surface area contributed by atoms with Gasteiger partial charge in [0, 0.05) is 19.5 Å². The zero-order valence-electron chi connectivity index (χ0n) is 19.5. The van der Waals surface area contributed by atoms with Crippen molar-refractivity contribution in [1.82, 2.24) is 10.1 Å². The van der Waals surface area contributed by atoms with Gasteiger partial charge in [-0.05, 0) is 51.7 Å². The lowest BCUT2D eigenvalue weighted by Gasteiger charge is -2.26. The number of esters is 1. The first-order chi connectivity index (χ1) is 14.5. The van der Waals surface area contributed by atoms with Crippen molar-refractivity contribution in [3.63, 3.8) is 0 Å². The smallest absolute Gasteiger partial charge is 0.319 e. The number of unbranched alkanes of at least 4 members (excludes halogenated alkanes) is 1. The molecule has 0 aliphatic rings. The molecule has 0 N–H and O–H groups in total. The zero-order chi connectivity index (χ0) is 23.1. The van der Waals surface area contributed by atoms with Crippen LogP contribution in [0.3, 0.4) is 0 Å². The van der Waals surface area contributed by atoms with E-state index in [4.69, 9.17) is 13.8 Å². The Hall–Kier alpha value is -1.98. The molecule has 0 fully saturated rings. The van der Waals surface area contributed by atoms with Gasteiger partial charge in [0.05, 0.1) is 6.61 Å². The van der Waals surface area contributed by atoms with E-state index in [1.54, 1.807) is 27.7 Å². The molecular formula is C23H35N2O5P. The Balaban J connectivity index is 2.11. The monoisotopic (exact) mass is 450 g/mol. The molecular weight excluding hydrogens is 415 g/mol. The summed E-state index contributed by atoms with van der Waals surface area (Å²) < 4.78 is 29.3. The lowest BCUT2D eigenvalue weighted by molar-refractivity contribution is -0.154. The molecule has 7 nitrogen and oxygen atoms in total. The zero-order valence-corrected chi connectivity index (χ0v) is 20.4. The average molecular weight is 451 g/mol. The van der Waals surface area contributed by atoms with E-state index in [-0.39, 0.29) is 18.9 Å². The Kier molecular flexibility index (Phi) is 9.01. The predicted molar refractivity (Wildman–Crippen MR) is 121 cm³/mol. The second-order valence-corrected chi connectivity index (χ2v) is 11.5. The van der Waals surface area contributed by atoms with Crippen LogP contribution >= 0.6 is 7.37 Å². The van der Waals surface area contributed by atoms with Gasteiger partial charge in [-0.3, -0.25) is 9.36 Å². The third-order valence-corrected chi connectivity index (χ3v) is 7.01. The molecule has 1 aromatic heterocycles. The quantitative estimate of drug-likeness (QED) is 0.343. The van der Waals surface area contributed by atoms with Gasteiger partial charge in [-0.1, -0.05) is 42.8 Å². The molecule has 2 aromatic rings. The highest BCUT2D eigenvalue weighted by atomic mass is 31.2. The summed E-state index contributed by atoms with van der Waals surface area (Å²) in [5, 5.41) is 4.03. The van der Waals surface area contributed by atoms with Gasteiger partial charge in [0.1, 0.15) is 11.3 Å². The first-order valence-electron chi connectivity index (χ1n) is 10.9. The van der Waals surface area contributed by atoms with Crippen LogP contribution in [0.5, 0.6) is 0 Å². The minimum Gasteiger partial charge on any atom is -0.459 e. The topological polar surface area (TPSA) is 91.5 Å². The van der Waals surface area contributed by atoms with Gasteiger partial charge in [-0.15, -0.1) is 0 Å². The lowest BCUT2D eigenvalue weighted by Crippen LogP contribution is -2.33. The van der Waals surface area contributed by atoms with E-state index >= 15 is 0 Å². The van der Waals surface area contributed by atoms with Gasteiger partial charge in [0.15, 0.2) is 5.82 Å². The minimum atomic E-state index is -3.28. The maximum Gasteiger partial charge on any atom is 0.319 e. The fourth-order valence-corrected chi connectivity index (χ4v) is 4.77. The maximum atomic E-state index is 13.0. The number of benzene rings is 1. The van der Waals surface area contributed by atoms with Crippen molar-refractivity contribution in [3.8, 4) is 0 Å². The predicted octanol–water partition coefficient (Wildman–Crippen LogP) is 5.20. The number of hydrogen-bond acceptors (Lipinski definition) is 7. The summed E-state index contributed by atoms with van der Waals surface area (Å²) in [4.78, 5) is 17.1. The fraction of sp³-hybridized carbons (Fsp3) is 0.609. The summed E-state index contributed by atoms with van der Waals surface area (Å²) in [5.74, 6) is 0.169. The lowest BCUT2D eigenvalue weighted by atomic mass is 10.0. The van der Waals surface area contributed by atoms with E-state index in [0.717, 1.165) is 12.0 Å². The van der Waals surface area contributed by atoms with Gasteiger partial charge < -0.3 is 13.8 Å². The van der Waals surface area contributed by atoms with Crippen LogP contribution in [-0.2, 0) is 37.9 Å². The molecule has 0 amide bonds. The van der Waals surface area contributed by atoms with Crippen molar-refractivity contribution in [2.24, 2.45) is 0 Å². The fourth-order valence-electron chi connectivity index (χ4n) is 3.15. The van der Waals surface area contributed by atoms with Crippen molar-refractivity contribution in [2.45, 2.75) is 78.0 Å². The molecule has 0 saturated heterocycles. The summed E-state index contributed by atoms with van der Waals surface area (Å²) in [7, 11) is -3.28. The normalized spacial score (nSPS) is 14.8. The van der Waals surface area contributed by atoms with Crippen LogP contribution in [0.4, 0.5) is 0 Å².